The van der Waals surface area contributed by atoms with Crippen LogP contribution in [-0.2, 0) is 11.3 Å². The molecule has 1 aromatic rings. The number of hydrogen-bond donors (Lipinski definition) is 2. The van der Waals surface area contributed by atoms with Crippen molar-refractivity contribution in [2.45, 2.75) is 52.7 Å². The van der Waals surface area contributed by atoms with Gasteiger partial charge in [-0.3, -0.25) is 0 Å². The first-order valence-corrected chi connectivity index (χ1v) is 7.60. The van der Waals surface area contributed by atoms with Gasteiger partial charge in [-0.25, -0.2) is 13.6 Å². The number of carbonyl (C=O) groups excluding carboxylic acids is 1. The number of hydrogen-bond acceptors (Lipinski definition) is 3. The lowest BCUT2D eigenvalue weighted by molar-refractivity contribution is -0.00377. The molecule has 0 heterocycles. The van der Waals surface area contributed by atoms with Crippen LogP contribution in [0.15, 0.2) is 18.2 Å². The molecule has 0 aliphatic rings. The number of alkyl halides is 2. The molecule has 0 unspecified atom stereocenters. The molecular formula is C17H26F2N2O2. The fourth-order valence-electron chi connectivity index (χ4n) is 2.00. The summed E-state index contributed by atoms with van der Waals surface area (Å²) < 4.78 is 32.4. The molecule has 0 aliphatic heterocycles. The summed E-state index contributed by atoms with van der Waals surface area (Å²) >= 11 is 0. The van der Waals surface area contributed by atoms with E-state index in [9.17, 15) is 13.6 Å². The Hall–Kier alpha value is -1.69. The molecule has 0 aromatic heterocycles. The average molecular weight is 328 g/mol. The quantitative estimate of drug-likeness (QED) is 0.839. The third kappa shape index (κ3) is 7.93. The topological polar surface area (TPSA) is 50.4 Å². The molecule has 0 spiro atoms. The van der Waals surface area contributed by atoms with Gasteiger partial charge < -0.3 is 15.4 Å². The normalized spacial score (nSPS) is 12.1. The maximum atomic E-state index is 13.8. The minimum Gasteiger partial charge on any atom is -0.444 e. The van der Waals surface area contributed by atoms with Crippen molar-refractivity contribution in [3.8, 4) is 0 Å². The van der Waals surface area contributed by atoms with E-state index >= 15 is 0 Å². The van der Waals surface area contributed by atoms with Crippen LogP contribution < -0.4 is 10.6 Å². The molecule has 4 nitrogen and oxygen atoms in total. The Morgan fingerprint density at radius 1 is 1.17 bits per heavy atom. The van der Waals surface area contributed by atoms with Gasteiger partial charge in [0.15, 0.2) is 0 Å². The van der Waals surface area contributed by atoms with Crippen LogP contribution in [0.3, 0.4) is 0 Å². The number of amides is 1. The van der Waals surface area contributed by atoms with Crippen molar-refractivity contribution in [1.29, 1.82) is 0 Å². The summed E-state index contributed by atoms with van der Waals surface area (Å²) in [7, 11) is 0. The standard InChI is InChI=1S/C17H26F2N2O2/c1-12-6-7-14(13(2)8-12)9-20-10-17(18,19)11-21-15(22)23-16(3,4)5/h6-8,20H,9-11H2,1-5H3,(H,21,22). The number of carbonyl (C=O) groups is 1. The highest BCUT2D eigenvalue weighted by Crippen LogP contribution is 2.14. The molecule has 1 amide bonds. The van der Waals surface area contributed by atoms with Crippen molar-refractivity contribution in [3.63, 3.8) is 0 Å². The Labute approximate surface area is 136 Å². The monoisotopic (exact) mass is 328 g/mol. The molecule has 23 heavy (non-hydrogen) atoms. The van der Waals surface area contributed by atoms with Gasteiger partial charge in [0, 0.05) is 6.54 Å². The van der Waals surface area contributed by atoms with E-state index in [1.54, 1.807) is 20.8 Å². The number of halogens is 2. The van der Waals surface area contributed by atoms with E-state index in [-0.39, 0.29) is 0 Å². The van der Waals surface area contributed by atoms with Gasteiger partial charge in [0.2, 0.25) is 0 Å². The highest BCUT2D eigenvalue weighted by atomic mass is 19.3. The van der Waals surface area contributed by atoms with Crippen molar-refractivity contribution in [2.75, 3.05) is 13.1 Å². The summed E-state index contributed by atoms with van der Waals surface area (Å²) in [5.41, 5.74) is 2.47. The van der Waals surface area contributed by atoms with E-state index in [0.717, 1.165) is 16.7 Å². The Bertz CT molecular complexity index is 540. The van der Waals surface area contributed by atoms with Gasteiger partial charge in [0.25, 0.3) is 5.92 Å². The van der Waals surface area contributed by atoms with Crippen LogP contribution in [0.1, 0.15) is 37.5 Å². The molecule has 0 saturated heterocycles. The lowest BCUT2D eigenvalue weighted by Gasteiger charge is -2.22. The minimum absolute atomic E-state index is 0.355. The molecule has 0 saturated carbocycles. The fraction of sp³-hybridized carbons (Fsp3) is 0.588. The van der Waals surface area contributed by atoms with Crippen LogP contribution >= 0.6 is 0 Å². The Morgan fingerprint density at radius 2 is 1.83 bits per heavy atom. The van der Waals surface area contributed by atoms with Crippen molar-refractivity contribution >= 4 is 6.09 Å². The van der Waals surface area contributed by atoms with Gasteiger partial charge in [-0.2, -0.15) is 0 Å². The minimum atomic E-state index is -3.05. The van der Waals surface area contributed by atoms with Crippen LogP contribution in [-0.4, -0.2) is 30.7 Å². The highest BCUT2D eigenvalue weighted by Gasteiger charge is 2.30. The van der Waals surface area contributed by atoms with Gasteiger partial charge in [-0.15, -0.1) is 0 Å². The summed E-state index contributed by atoms with van der Waals surface area (Å²) in [5.74, 6) is -3.05. The van der Waals surface area contributed by atoms with Crippen molar-refractivity contribution in [1.82, 2.24) is 10.6 Å². The van der Waals surface area contributed by atoms with Crippen LogP contribution in [0.25, 0.3) is 0 Å². The van der Waals surface area contributed by atoms with E-state index in [2.05, 4.69) is 10.6 Å². The zero-order valence-electron chi connectivity index (χ0n) is 14.4. The molecule has 0 bridgehead atoms. The average Bonchev–Trinajstić information content (AvgIpc) is 2.37. The second kappa shape index (κ2) is 7.73. The molecular weight excluding hydrogens is 302 g/mol. The predicted octanol–water partition coefficient (Wildman–Crippen LogP) is 3.55. The maximum Gasteiger partial charge on any atom is 0.407 e. The molecule has 130 valence electrons. The number of benzene rings is 1. The second-order valence-electron chi connectivity index (χ2n) is 6.74. The van der Waals surface area contributed by atoms with Crippen molar-refractivity contribution in [3.05, 3.63) is 34.9 Å². The van der Waals surface area contributed by atoms with Gasteiger partial charge in [0.1, 0.15) is 5.60 Å². The Balaban J connectivity index is 2.39. The van der Waals surface area contributed by atoms with E-state index in [1.807, 2.05) is 32.0 Å². The van der Waals surface area contributed by atoms with Crippen LogP contribution in [0.5, 0.6) is 0 Å². The predicted molar refractivity (Wildman–Crippen MR) is 86.8 cm³/mol. The second-order valence-corrected chi connectivity index (χ2v) is 6.74. The summed E-state index contributed by atoms with van der Waals surface area (Å²) in [5, 5.41) is 4.83. The van der Waals surface area contributed by atoms with Crippen LogP contribution in [0.2, 0.25) is 0 Å². The van der Waals surface area contributed by atoms with Gasteiger partial charge in [-0.1, -0.05) is 23.8 Å². The zero-order valence-corrected chi connectivity index (χ0v) is 14.4. The summed E-state index contributed by atoms with van der Waals surface area (Å²) in [4.78, 5) is 11.4. The summed E-state index contributed by atoms with van der Waals surface area (Å²) in [6.45, 7) is 8.04. The molecule has 1 aromatic carbocycles. The van der Waals surface area contributed by atoms with Crippen LogP contribution in [0.4, 0.5) is 13.6 Å². The number of ether oxygens (including phenoxy) is 1. The van der Waals surface area contributed by atoms with E-state index < -0.39 is 30.7 Å². The lowest BCUT2D eigenvalue weighted by atomic mass is 10.1. The summed E-state index contributed by atoms with van der Waals surface area (Å²) in [6, 6.07) is 5.89. The first kappa shape index (κ1) is 19.4. The summed E-state index contributed by atoms with van der Waals surface area (Å²) in [6.07, 6.45) is -0.841. The molecule has 0 atom stereocenters. The molecule has 2 N–H and O–H groups in total. The SMILES string of the molecule is Cc1ccc(CNCC(F)(F)CNC(=O)OC(C)(C)C)c(C)c1. The van der Waals surface area contributed by atoms with Gasteiger partial charge >= 0.3 is 6.09 Å². The molecule has 6 heteroatoms. The Morgan fingerprint density at radius 3 is 2.39 bits per heavy atom. The Kier molecular flexibility index (Phi) is 6.50. The van der Waals surface area contributed by atoms with Gasteiger partial charge in [0.05, 0.1) is 13.1 Å². The van der Waals surface area contributed by atoms with E-state index in [1.165, 1.54) is 0 Å². The number of alkyl carbamates (subject to hydrolysis) is 1. The molecule has 0 fully saturated rings. The third-order valence-electron chi connectivity index (χ3n) is 3.09. The third-order valence-corrected chi connectivity index (χ3v) is 3.09. The lowest BCUT2D eigenvalue weighted by Crippen LogP contribution is -2.44. The van der Waals surface area contributed by atoms with Crippen molar-refractivity contribution < 1.29 is 18.3 Å². The molecule has 0 radical (unpaired) electrons. The van der Waals surface area contributed by atoms with E-state index in [4.69, 9.17) is 4.74 Å². The first-order chi connectivity index (χ1) is 10.5. The first-order valence-electron chi connectivity index (χ1n) is 7.60. The van der Waals surface area contributed by atoms with Crippen LogP contribution in [0, 0.1) is 13.8 Å². The zero-order chi connectivity index (χ0) is 17.7. The van der Waals surface area contributed by atoms with E-state index in [0.29, 0.717) is 6.54 Å². The fourth-order valence-corrected chi connectivity index (χ4v) is 2.00. The smallest absolute Gasteiger partial charge is 0.407 e. The molecule has 1 rings (SSSR count). The number of rotatable bonds is 6. The number of aryl methyl sites for hydroxylation is 2. The highest BCUT2D eigenvalue weighted by molar-refractivity contribution is 5.67. The molecule has 0 aliphatic carbocycles. The van der Waals surface area contributed by atoms with Gasteiger partial charge in [-0.05, 0) is 45.7 Å². The number of nitrogens with one attached hydrogen (secondary N) is 2. The maximum absolute atomic E-state index is 13.8. The van der Waals surface area contributed by atoms with Crippen molar-refractivity contribution in [2.24, 2.45) is 0 Å². The largest absolute Gasteiger partial charge is 0.444 e.